The fourth-order valence-electron chi connectivity index (χ4n) is 3.43. The third-order valence-corrected chi connectivity index (χ3v) is 4.98. The molecule has 21 heavy (non-hydrogen) atoms. The van der Waals surface area contributed by atoms with Crippen LogP contribution in [-0.2, 0) is 10.2 Å². The normalized spacial score (nSPS) is 23.2. The first-order valence-electron chi connectivity index (χ1n) is 7.86. The highest BCUT2D eigenvalue weighted by Crippen LogP contribution is 2.41. The van der Waals surface area contributed by atoms with Gasteiger partial charge in [0.25, 0.3) is 0 Å². The molecule has 116 valence electrons. The lowest BCUT2D eigenvalue weighted by Gasteiger charge is -2.35. The Kier molecular flexibility index (Phi) is 4.97. The predicted molar refractivity (Wildman–Crippen MR) is 87.6 cm³/mol. The first kappa shape index (κ1) is 15.9. The van der Waals surface area contributed by atoms with Crippen molar-refractivity contribution < 1.29 is 9.47 Å². The van der Waals surface area contributed by atoms with Gasteiger partial charge in [0.1, 0.15) is 5.75 Å². The maximum Gasteiger partial charge on any atom is 0.118 e. The maximum absolute atomic E-state index is 5.48. The molecule has 2 heteroatoms. The highest BCUT2D eigenvalue weighted by Gasteiger charge is 2.33. The van der Waals surface area contributed by atoms with Gasteiger partial charge >= 0.3 is 0 Å². The smallest absolute Gasteiger partial charge is 0.118 e. The molecule has 0 aliphatic heterocycles. The van der Waals surface area contributed by atoms with Gasteiger partial charge in [-0.1, -0.05) is 32.9 Å². The van der Waals surface area contributed by atoms with Gasteiger partial charge in [-0.25, -0.2) is 0 Å². The van der Waals surface area contributed by atoms with E-state index in [4.69, 9.17) is 9.47 Å². The van der Waals surface area contributed by atoms with Gasteiger partial charge in [0, 0.05) is 6.42 Å². The summed E-state index contributed by atoms with van der Waals surface area (Å²) in [5, 5.41) is 0. The average Bonchev–Trinajstić information content (AvgIpc) is 2.69. The van der Waals surface area contributed by atoms with Crippen LogP contribution in [0.2, 0.25) is 0 Å². The lowest BCUT2D eigenvalue weighted by atomic mass is 9.69. The van der Waals surface area contributed by atoms with Crippen LogP contribution in [-0.4, -0.2) is 14.2 Å². The summed E-state index contributed by atoms with van der Waals surface area (Å²) in [4.78, 5) is 0. The zero-order valence-electron chi connectivity index (χ0n) is 14.0. The van der Waals surface area contributed by atoms with E-state index in [0.717, 1.165) is 17.9 Å². The average molecular weight is 288 g/mol. The van der Waals surface area contributed by atoms with Crippen LogP contribution >= 0.6 is 0 Å². The minimum absolute atomic E-state index is 0.164. The monoisotopic (exact) mass is 288 g/mol. The standard InChI is InChI=1S/C19H28O2/c1-14-12-16(8-11-18(13-14)21-5)19(2,3)15-6-9-17(20-4)10-7-15/h6-7,9-10,13-14,16H,8,11-12H2,1-5H3. The second kappa shape index (κ2) is 6.55. The van der Waals surface area contributed by atoms with E-state index in [0.29, 0.717) is 11.8 Å². The molecule has 1 aliphatic carbocycles. The molecule has 0 spiro atoms. The van der Waals surface area contributed by atoms with Gasteiger partial charge in [0.15, 0.2) is 0 Å². The van der Waals surface area contributed by atoms with Crippen LogP contribution in [0.15, 0.2) is 36.1 Å². The molecular weight excluding hydrogens is 260 g/mol. The van der Waals surface area contributed by atoms with Crippen LogP contribution in [0, 0.1) is 11.8 Å². The largest absolute Gasteiger partial charge is 0.501 e. The van der Waals surface area contributed by atoms with Gasteiger partial charge in [0.05, 0.1) is 20.0 Å². The van der Waals surface area contributed by atoms with Crippen LogP contribution in [0.25, 0.3) is 0 Å². The predicted octanol–water partition coefficient (Wildman–Crippen LogP) is 4.94. The van der Waals surface area contributed by atoms with E-state index in [1.807, 2.05) is 0 Å². The summed E-state index contributed by atoms with van der Waals surface area (Å²) in [5.41, 5.74) is 1.55. The molecule has 0 N–H and O–H groups in total. The summed E-state index contributed by atoms with van der Waals surface area (Å²) in [7, 11) is 3.50. The van der Waals surface area contributed by atoms with Crippen molar-refractivity contribution in [3.05, 3.63) is 41.7 Å². The van der Waals surface area contributed by atoms with E-state index < -0.39 is 0 Å². The highest BCUT2D eigenvalue weighted by molar-refractivity contribution is 5.32. The number of ether oxygens (including phenoxy) is 2. The molecule has 2 unspecified atom stereocenters. The first-order valence-corrected chi connectivity index (χ1v) is 7.86. The van der Waals surface area contributed by atoms with E-state index in [2.05, 4.69) is 51.1 Å². The SMILES string of the molecule is COC1=CC(C)CC(C(C)(C)c2ccc(OC)cc2)CC1. The summed E-state index contributed by atoms with van der Waals surface area (Å²) in [6, 6.07) is 8.55. The second-order valence-electron chi connectivity index (χ2n) is 6.74. The number of rotatable bonds is 4. The summed E-state index contributed by atoms with van der Waals surface area (Å²) < 4.78 is 10.8. The van der Waals surface area contributed by atoms with Crippen molar-refractivity contribution in [2.45, 2.75) is 45.4 Å². The molecule has 2 nitrogen and oxygen atoms in total. The van der Waals surface area contributed by atoms with Gasteiger partial charge in [-0.3, -0.25) is 0 Å². The zero-order chi connectivity index (χ0) is 15.5. The third kappa shape index (κ3) is 3.61. The molecule has 1 aromatic carbocycles. The van der Waals surface area contributed by atoms with Crippen molar-refractivity contribution in [1.82, 2.24) is 0 Å². The lowest BCUT2D eigenvalue weighted by molar-refractivity contribution is 0.244. The Hall–Kier alpha value is -1.44. The molecule has 1 aliphatic rings. The number of methoxy groups -OCH3 is 2. The Morgan fingerprint density at radius 1 is 1.05 bits per heavy atom. The number of benzene rings is 1. The molecule has 0 saturated carbocycles. The van der Waals surface area contributed by atoms with Crippen LogP contribution in [0.5, 0.6) is 5.75 Å². The Balaban J connectivity index is 2.18. The molecule has 0 amide bonds. The van der Waals surface area contributed by atoms with Crippen molar-refractivity contribution in [3.63, 3.8) is 0 Å². The van der Waals surface area contributed by atoms with Gasteiger partial charge in [-0.05, 0) is 53.9 Å². The minimum Gasteiger partial charge on any atom is -0.501 e. The van der Waals surface area contributed by atoms with E-state index in [1.165, 1.54) is 18.4 Å². The Bertz CT molecular complexity index is 485. The van der Waals surface area contributed by atoms with Crippen molar-refractivity contribution in [3.8, 4) is 5.75 Å². The molecule has 0 bridgehead atoms. The van der Waals surface area contributed by atoms with Gasteiger partial charge in [-0.15, -0.1) is 0 Å². The first-order chi connectivity index (χ1) is 9.97. The number of hydrogen-bond donors (Lipinski definition) is 0. The summed E-state index contributed by atoms with van der Waals surface area (Å²) in [6.07, 6.45) is 5.74. The van der Waals surface area contributed by atoms with Crippen LogP contribution in [0.3, 0.4) is 0 Å². The molecule has 0 saturated heterocycles. The fraction of sp³-hybridized carbons (Fsp3) is 0.579. The van der Waals surface area contributed by atoms with E-state index in [1.54, 1.807) is 14.2 Å². The fourth-order valence-corrected chi connectivity index (χ4v) is 3.43. The van der Waals surface area contributed by atoms with Crippen molar-refractivity contribution >= 4 is 0 Å². The van der Waals surface area contributed by atoms with E-state index in [9.17, 15) is 0 Å². The van der Waals surface area contributed by atoms with Gasteiger partial charge < -0.3 is 9.47 Å². The molecule has 0 fully saturated rings. The Morgan fingerprint density at radius 3 is 2.29 bits per heavy atom. The molecule has 2 atom stereocenters. The molecular formula is C19H28O2. The van der Waals surface area contributed by atoms with Crippen LogP contribution in [0.4, 0.5) is 0 Å². The Morgan fingerprint density at radius 2 is 1.71 bits per heavy atom. The summed E-state index contributed by atoms with van der Waals surface area (Å²) >= 11 is 0. The van der Waals surface area contributed by atoms with Crippen molar-refractivity contribution in [2.24, 2.45) is 11.8 Å². The molecule has 2 rings (SSSR count). The third-order valence-electron chi connectivity index (χ3n) is 4.98. The lowest BCUT2D eigenvalue weighted by Crippen LogP contribution is -2.29. The quantitative estimate of drug-likeness (QED) is 0.781. The van der Waals surface area contributed by atoms with Crippen molar-refractivity contribution in [1.29, 1.82) is 0 Å². The Labute approximate surface area is 129 Å². The summed E-state index contributed by atoms with van der Waals surface area (Å²) in [5.74, 6) is 3.30. The number of allylic oxidation sites excluding steroid dienone is 2. The van der Waals surface area contributed by atoms with E-state index in [-0.39, 0.29) is 5.41 Å². The van der Waals surface area contributed by atoms with Gasteiger partial charge in [-0.2, -0.15) is 0 Å². The molecule has 0 aromatic heterocycles. The minimum atomic E-state index is 0.164. The van der Waals surface area contributed by atoms with Crippen LogP contribution < -0.4 is 4.74 Å². The maximum atomic E-state index is 5.48. The zero-order valence-corrected chi connectivity index (χ0v) is 14.0. The second-order valence-corrected chi connectivity index (χ2v) is 6.74. The van der Waals surface area contributed by atoms with Crippen LogP contribution in [0.1, 0.15) is 45.6 Å². The topological polar surface area (TPSA) is 18.5 Å². The van der Waals surface area contributed by atoms with Crippen molar-refractivity contribution in [2.75, 3.05) is 14.2 Å². The van der Waals surface area contributed by atoms with Gasteiger partial charge in [0.2, 0.25) is 0 Å². The molecule has 0 radical (unpaired) electrons. The van der Waals surface area contributed by atoms with E-state index >= 15 is 0 Å². The number of hydrogen-bond acceptors (Lipinski definition) is 2. The molecule has 0 heterocycles. The molecule has 1 aromatic rings. The summed E-state index contributed by atoms with van der Waals surface area (Å²) in [6.45, 7) is 7.02. The highest BCUT2D eigenvalue weighted by atomic mass is 16.5.